The summed E-state index contributed by atoms with van der Waals surface area (Å²) in [6.45, 7) is 7.17. The molecule has 0 atom stereocenters. The molecule has 2 aliphatic rings. The van der Waals surface area contributed by atoms with Crippen molar-refractivity contribution in [2.45, 2.75) is 31.6 Å². The highest BCUT2D eigenvalue weighted by atomic mass is 15.1. The summed E-state index contributed by atoms with van der Waals surface area (Å²) in [5.41, 5.74) is 21.0. The maximum Gasteiger partial charge on any atom is 0.0542 e. The van der Waals surface area contributed by atoms with Gasteiger partial charge in [-0.25, -0.2) is 0 Å². The molecular weight excluding hydrogens is 737 g/mol. The van der Waals surface area contributed by atoms with E-state index in [-0.39, 0.29) is 10.8 Å². The highest BCUT2D eigenvalue weighted by Crippen LogP contribution is 2.54. The van der Waals surface area contributed by atoms with Crippen molar-refractivity contribution in [1.82, 2.24) is 4.57 Å². The molecule has 0 radical (unpaired) electrons. The van der Waals surface area contributed by atoms with Gasteiger partial charge in [0.1, 0.15) is 0 Å². The molecule has 12 rings (SSSR count). The lowest BCUT2D eigenvalue weighted by atomic mass is 9.74. The van der Waals surface area contributed by atoms with Crippen LogP contribution in [0.1, 0.15) is 48.6 Å². The quantitative estimate of drug-likeness (QED) is 0.163. The number of rotatable bonds is 6. The van der Waals surface area contributed by atoms with Crippen LogP contribution in [-0.2, 0) is 10.8 Å². The van der Waals surface area contributed by atoms with E-state index in [1.165, 1.54) is 83.0 Å². The summed E-state index contributed by atoms with van der Waals surface area (Å²) in [6, 6.07) is 78.7. The predicted octanol–water partition coefficient (Wildman–Crippen LogP) is 15.6. The minimum absolute atomic E-state index is 0.176. The van der Waals surface area contributed by atoms with E-state index >= 15 is 0 Å². The molecule has 0 spiro atoms. The third-order valence-corrected chi connectivity index (χ3v) is 13.9. The Bertz CT molecular complexity index is 3290. The van der Waals surface area contributed by atoms with E-state index in [9.17, 15) is 0 Å². The van der Waals surface area contributed by atoms with Crippen molar-refractivity contribution in [3.05, 3.63) is 240 Å². The predicted molar refractivity (Wildman–Crippen MR) is 256 cm³/mol. The van der Waals surface area contributed by atoms with Gasteiger partial charge in [0, 0.05) is 44.4 Å². The molecule has 0 saturated heterocycles. The first-order chi connectivity index (χ1) is 29.9. The Kier molecular flexibility index (Phi) is 7.74. The van der Waals surface area contributed by atoms with Crippen LogP contribution in [0, 0.1) is 0 Å². The fourth-order valence-electron chi connectivity index (χ4n) is 10.8. The molecular formula is C59H44N2. The van der Waals surface area contributed by atoms with Gasteiger partial charge in [-0.05, 0) is 141 Å². The Hall–Kier alpha value is -7.42. The van der Waals surface area contributed by atoms with Gasteiger partial charge in [0.25, 0.3) is 0 Å². The van der Waals surface area contributed by atoms with Crippen molar-refractivity contribution < 1.29 is 0 Å². The topological polar surface area (TPSA) is 8.17 Å². The monoisotopic (exact) mass is 780 g/mol. The lowest BCUT2D eigenvalue weighted by Gasteiger charge is -2.28. The minimum Gasteiger partial charge on any atom is -0.310 e. The number of aromatic nitrogens is 1. The summed E-state index contributed by atoms with van der Waals surface area (Å²) in [6.07, 6.45) is 0. The Labute approximate surface area is 357 Å². The first-order valence-corrected chi connectivity index (χ1v) is 21.4. The molecule has 1 heterocycles. The average Bonchev–Trinajstić information content (AvgIpc) is 3.87. The Morgan fingerprint density at radius 1 is 0.361 bits per heavy atom. The van der Waals surface area contributed by atoms with Crippen LogP contribution in [0.5, 0.6) is 0 Å². The van der Waals surface area contributed by atoms with E-state index in [2.05, 4.69) is 243 Å². The number of benzene rings is 9. The van der Waals surface area contributed by atoms with Gasteiger partial charge < -0.3 is 9.47 Å². The number of hydrogen-bond acceptors (Lipinski definition) is 1. The highest BCUT2D eigenvalue weighted by Gasteiger charge is 2.41. The lowest BCUT2D eigenvalue weighted by molar-refractivity contribution is 0.660. The van der Waals surface area contributed by atoms with E-state index < -0.39 is 0 Å². The normalized spacial score (nSPS) is 14.1. The third kappa shape index (κ3) is 5.22. The van der Waals surface area contributed by atoms with Crippen LogP contribution in [0.3, 0.4) is 0 Å². The lowest BCUT2D eigenvalue weighted by Crippen LogP contribution is -2.22. The third-order valence-electron chi connectivity index (χ3n) is 13.9. The number of fused-ring (bicyclic) bond motifs is 9. The zero-order valence-electron chi connectivity index (χ0n) is 34.6. The first kappa shape index (κ1) is 35.5. The van der Waals surface area contributed by atoms with E-state index in [0.29, 0.717) is 0 Å². The molecule has 10 aromatic rings. The molecule has 2 nitrogen and oxygen atoms in total. The molecule has 61 heavy (non-hydrogen) atoms. The van der Waals surface area contributed by atoms with Crippen molar-refractivity contribution in [2.75, 3.05) is 4.90 Å². The van der Waals surface area contributed by atoms with Gasteiger partial charge in [0.15, 0.2) is 0 Å². The number of para-hydroxylation sites is 2. The van der Waals surface area contributed by atoms with E-state index in [4.69, 9.17) is 0 Å². The van der Waals surface area contributed by atoms with Gasteiger partial charge in [-0.1, -0.05) is 153 Å². The maximum absolute atomic E-state index is 2.48. The second kappa shape index (κ2) is 13.3. The van der Waals surface area contributed by atoms with Crippen LogP contribution in [0.25, 0.3) is 60.9 Å². The van der Waals surface area contributed by atoms with Crippen molar-refractivity contribution in [3.8, 4) is 39.1 Å². The summed E-state index contributed by atoms with van der Waals surface area (Å²) in [4.78, 5) is 2.44. The van der Waals surface area contributed by atoms with Gasteiger partial charge in [0.05, 0.1) is 11.0 Å². The Morgan fingerprint density at radius 2 is 0.869 bits per heavy atom. The summed E-state index contributed by atoms with van der Waals surface area (Å²) >= 11 is 0. The van der Waals surface area contributed by atoms with Crippen molar-refractivity contribution in [2.24, 2.45) is 0 Å². The molecule has 290 valence electrons. The molecule has 0 saturated carbocycles. The molecule has 0 unspecified atom stereocenters. The standard InChI is InChI=1S/C59H44N2/c1-58(2)54-35-40(39-17-7-4-8-18-39)27-31-48(54)49-32-29-45(38-55(49)58)60(42-19-9-5-10-20-42)44-30-34-57-51(37-44)50-36-41(28-33-56(50)61(57)43-21-11-6-12-22-43)59(3)52-25-15-13-23-46(52)47-24-14-16-26-53(47)59/h4-38H,1-3H3. The van der Waals surface area contributed by atoms with Gasteiger partial charge in [-0.15, -0.1) is 0 Å². The zero-order chi connectivity index (χ0) is 40.9. The molecule has 2 heteroatoms. The zero-order valence-corrected chi connectivity index (χ0v) is 34.6. The largest absolute Gasteiger partial charge is 0.310 e. The van der Waals surface area contributed by atoms with E-state index in [1.54, 1.807) is 0 Å². The van der Waals surface area contributed by atoms with E-state index in [1.807, 2.05) is 0 Å². The SMILES string of the molecule is CC1(C)c2cc(-c3ccccc3)ccc2-c2ccc(N(c3ccccc3)c3ccc4c(c3)c3cc(C5(C)c6ccccc6-c6ccccc65)ccc3n4-c3ccccc3)cc21. The van der Waals surface area contributed by atoms with Crippen LogP contribution in [-0.4, -0.2) is 4.57 Å². The summed E-state index contributed by atoms with van der Waals surface area (Å²) < 4.78 is 2.43. The van der Waals surface area contributed by atoms with E-state index in [0.717, 1.165) is 22.7 Å². The van der Waals surface area contributed by atoms with Crippen LogP contribution in [0.2, 0.25) is 0 Å². The van der Waals surface area contributed by atoms with Crippen LogP contribution >= 0.6 is 0 Å². The van der Waals surface area contributed by atoms with Crippen LogP contribution in [0.4, 0.5) is 17.1 Å². The first-order valence-electron chi connectivity index (χ1n) is 21.4. The summed E-state index contributed by atoms with van der Waals surface area (Å²) in [5, 5.41) is 2.47. The Balaban J connectivity index is 1.05. The smallest absolute Gasteiger partial charge is 0.0542 e. The number of hydrogen-bond donors (Lipinski definition) is 0. The minimum atomic E-state index is -0.299. The molecule has 9 aromatic carbocycles. The second-order valence-corrected chi connectivity index (χ2v) is 17.5. The van der Waals surface area contributed by atoms with Gasteiger partial charge in [0.2, 0.25) is 0 Å². The average molecular weight is 781 g/mol. The summed E-state index contributed by atoms with van der Waals surface area (Å²) in [5.74, 6) is 0. The molecule has 0 aliphatic heterocycles. The Morgan fingerprint density at radius 3 is 1.56 bits per heavy atom. The maximum atomic E-state index is 2.48. The molecule has 0 amide bonds. The van der Waals surface area contributed by atoms with Crippen molar-refractivity contribution >= 4 is 38.9 Å². The molecule has 2 aliphatic carbocycles. The molecule has 1 aromatic heterocycles. The number of nitrogens with zero attached hydrogens (tertiary/aromatic N) is 2. The van der Waals surface area contributed by atoms with Gasteiger partial charge in [-0.3, -0.25) is 0 Å². The molecule has 0 N–H and O–H groups in total. The van der Waals surface area contributed by atoms with Crippen molar-refractivity contribution in [3.63, 3.8) is 0 Å². The highest BCUT2D eigenvalue weighted by molar-refractivity contribution is 6.11. The summed E-state index contributed by atoms with van der Waals surface area (Å²) in [7, 11) is 0. The van der Waals surface area contributed by atoms with Gasteiger partial charge in [-0.2, -0.15) is 0 Å². The van der Waals surface area contributed by atoms with Gasteiger partial charge >= 0.3 is 0 Å². The fourth-order valence-corrected chi connectivity index (χ4v) is 10.8. The fraction of sp³-hybridized carbons (Fsp3) is 0.0847. The molecule has 0 bridgehead atoms. The van der Waals surface area contributed by atoms with Crippen LogP contribution in [0.15, 0.2) is 212 Å². The molecule has 0 fully saturated rings. The second-order valence-electron chi connectivity index (χ2n) is 17.5. The van der Waals surface area contributed by atoms with Crippen molar-refractivity contribution in [1.29, 1.82) is 0 Å². The number of anilines is 3. The van der Waals surface area contributed by atoms with Crippen LogP contribution < -0.4 is 4.90 Å².